The molecule has 0 spiro atoms. The van der Waals surface area contributed by atoms with Crippen LogP contribution in [0.25, 0.3) is 0 Å². The summed E-state index contributed by atoms with van der Waals surface area (Å²) in [7, 11) is 0. The van der Waals surface area contributed by atoms with Crippen molar-refractivity contribution in [3.05, 3.63) is 65.7 Å². The molecule has 1 aliphatic heterocycles. The van der Waals surface area contributed by atoms with Crippen molar-refractivity contribution in [2.24, 2.45) is 5.73 Å². The molecular weight excluding hydrogens is 326 g/mol. The van der Waals surface area contributed by atoms with Crippen LogP contribution in [0.1, 0.15) is 24.4 Å². The number of likely N-dealkylation sites (tertiary alicyclic amines) is 1. The molecule has 1 heterocycles. The van der Waals surface area contributed by atoms with Gasteiger partial charge in [0.1, 0.15) is 17.9 Å². The predicted octanol–water partition coefficient (Wildman–Crippen LogP) is 3.03. The highest BCUT2D eigenvalue weighted by Gasteiger charge is 2.28. The van der Waals surface area contributed by atoms with Crippen molar-refractivity contribution in [1.29, 1.82) is 0 Å². The number of piperidine rings is 1. The molecule has 1 amide bonds. The Kier molecular flexibility index (Phi) is 5.28. The summed E-state index contributed by atoms with van der Waals surface area (Å²) in [6.07, 6.45) is 1.10. The van der Waals surface area contributed by atoms with Crippen LogP contribution in [0.15, 0.2) is 48.5 Å². The molecule has 0 saturated carbocycles. The Balaban J connectivity index is 1.54. The van der Waals surface area contributed by atoms with Gasteiger partial charge in [0.15, 0.2) is 11.6 Å². The fourth-order valence-electron chi connectivity index (χ4n) is 2.94. The Morgan fingerprint density at radius 2 is 1.76 bits per heavy atom. The number of hydrogen-bond acceptors (Lipinski definition) is 3. The number of nitrogens with two attached hydrogens (primary N) is 1. The fraction of sp³-hybridized carbons (Fsp3) is 0.316. The minimum atomic E-state index is -0.932. The molecule has 2 N–H and O–H groups in total. The van der Waals surface area contributed by atoms with Crippen LogP contribution in [0, 0.1) is 11.6 Å². The molecule has 3 rings (SSSR count). The Bertz CT molecular complexity index is 731. The standard InChI is InChI=1S/C19H20F2N2O2/c20-16-7-6-15(12-17(16)21)25-14-8-10-23(11-9-14)19(24)18(22)13-4-2-1-3-5-13/h1-7,12,14,18H,8-11,22H2/t18-/m0/s1. The van der Waals surface area contributed by atoms with Crippen LogP contribution in [0.3, 0.4) is 0 Å². The largest absolute Gasteiger partial charge is 0.490 e. The van der Waals surface area contributed by atoms with Gasteiger partial charge in [0.05, 0.1) is 0 Å². The van der Waals surface area contributed by atoms with Gasteiger partial charge in [0, 0.05) is 32.0 Å². The van der Waals surface area contributed by atoms with Crippen molar-refractivity contribution in [2.75, 3.05) is 13.1 Å². The topological polar surface area (TPSA) is 55.6 Å². The smallest absolute Gasteiger partial charge is 0.244 e. The number of benzene rings is 2. The SMILES string of the molecule is N[C@H](C(=O)N1CCC(Oc2ccc(F)c(F)c2)CC1)c1ccccc1. The molecule has 6 heteroatoms. The number of hydrogen-bond donors (Lipinski definition) is 1. The molecule has 0 bridgehead atoms. The van der Waals surface area contributed by atoms with E-state index in [1.807, 2.05) is 30.3 Å². The maximum Gasteiger partial charge on any atom is 0.244 e. The first kappa shape index (κ1) is 17.4. The molecule has 1 saturated heterocycles. The lowest BCUT2D eigenvalue weighted by atomic mass is 10.0. The van der Waals surface area contributed by atoms with Gasteiger partial charge in [-0.05, 0) is 17.7 Å². The highest BCUT2D eigenvalue weighted by atomic mass is 19.2. The second kappa shape index (κ2) is 7.61. The maximum atomic E-state index is 13.2. The first-order valence-electron chi connectivity index (χ1n) is 8.25. The molecule has 0 aliphatic carbocycles. The van der Waals surface area contributed by atoms with Gasteiger partial charge in [-0.3, -0.25) is 4.79 Å². The molecule has 4 nitrogen and oxygen atoms in total. The van der Waals surface area contributed by atoms with Gasteiger partial charge in [-0.2, -0.15) is 0 Å². The Hall–Kier alpha value is -2.47. The van der Waals surface area contributed by atoms with Gasteiger partial charge in [0.2, 0.25) is 5.91 Å². The van der Waals surface area contributed by atoms with E-state index in [-0.39, 0.29) is 12.0 Å². The van der Waals surface area contributed by atoms with Gasteiger partial charge in [-0.25, -0.2) is 8.78 Å². The Labute approximate surface area is 145 Å². The monoisotopic (exact) mass is 346 g/mol. The number of carbonyl (C=O) groups is 1. The van der Waals surface area contributed by atoms with Gasteiger partial charge < -0.3 is 15.4 Å². The van der Waals surface area contributed by atoms with Crippen molar-refractivity contribution in [3.63, 3.8) is 0 Å². The summed E-state index contributed by atoms with van der Waals surface area (Å²) in [6, 6.07) is 12.1. The van der Waals surface area contributed by atoms with Gasteiger partial charge in [0.25, 0.3) is 0 Å². The molecule has 1 fully saturated rings. The van der Waals surface area contributed by atoms with E-state index >= 15 is 0 Å². The van der Waals surface area contributed by atoms with Crippen LogP contribution >= 0.6 is 0 Å². The van der Waals surface area contributed by atoms with E-state index in [1.165, 1.54) is 6.07 Å². The molecule has 0 aromatic heterocycles. The fourth-order valence-corrected chi connectivity index (χ4v) is 2.94. The minimum absolute atomic E-state index is 0.113. The number of nitrogens with zero attached hydrogens (tertiary/aromatic N) is 1. The molecule has 2 aromatic carbocycles. The number of carbonyl (C=O) groups excluding carboxylic acids is 1. The van der Waals surface area contributed by atoms with E-state index in [4.69, 9.17) is 10.5 Å². The lowest BCUT2D eigenvalue weighted by Crippen LogP contribution is -2.45. The van der Waals surface area contributed by atoms with Crippen molar-refractivity contribution in [3.8, 4) is 5.75 Å². The van der Waals surface area contributed by atoms with E-state index in [1.54, 1.807) is 4.90 Å². The lowest BCUT2D eigenvalue weighted by Gasteiger charge is -2.33. The van der Waals surface area contributed by atoms with Gasteiger partial charge >= 0.3 is 0 Å². The van der Waals surface area contributed by atoms with Crippen molar-refractivity contribution >= 4 is 5.91 Å². The van der Waals surface area contributed by atoms with Gasteiger partial charge in [-0.1, -0.05) is 30.3 Å². The molecule has 25 heavy (non-hydrogen) atoms. The van der Waals surface area contributed by atoms with E-state index in [2.05, 4.69) is 0 Å². The number of amides is 1. The lowest BCUT2D eigenvalue weighted by molar-refractivity contribution is -0.134. The minimum Gasteiger partial charge on any atom is -0.490 e. The van der Waals surface area contributed by atoms with Crippen molar-refractivity contribution in [2.45, 2.75) is 25.0 Å². The average Bonchev–Trinajstić information content (AvgIpc) is 2.65. The summed E-state index contributed by atoms with van der Waals surface area (Å²) in [5.41, 5.74) is 6.84. The molecular formula is C19H20F2N2O2. The number of rotatable bonds is 4. The average molecular weight is 346 g/mol. The molecule has 132 valence electrons. The third-order valence-corrected chi connectivity index (χ3v) is 4.37. The zero-order valence-corrected chi connectivity index (χ0v) is 13.7. The highest BCUT2D eigenvalue weighted by molar-refractivity contribution is 5.83. The van der Waals surface area contributed by atoms with E-state index in [0.29, 0.717) is 31.7 Å². The molecule has 0 unspecified atom stereocenters. The second-order valence-corrected chi connectivity index (χ2v) is 6.11. The van der Waals surface area contributed by atoms with Crippen LogP contribution in [-0.4, -0.2) is 30.0 Å². The molecule has 2 aromatic rings. The van der Waals surface area contributed by atoms with Crippen LogP contribution in [-0.2, 0) is 4.79 Å². The van der Waals surface area contributed by atoms with E-state index in [0.717, 1.165) is 17.7 Å². The summed E-state index contributed by atoms with van der Waals surface area (Å²) >= 11 is 0. The van der Waals surface area contributed by atoms with Crippen molar-refractivity contribution in [1.82, 2.24) is 4.90 Å². The second-order valence-electron chi connectivity index (χ2n) is 6.11. The number of halogens is 2. The first-order valence-corrected chi connectivity index (χ1v) is 8.25. The van der Waals surface area contributed by atoms with Crippen LogP contribution < -0.4 is 10.5 Å². The van der Waals surface area contributed by atoms with Crippen molar-refractivity contribution < 1.29 is 18.3 Å². The summed E-state index contributed by atoms with van der Waals surface area (Å²) < 4.78 is 31.9. The van der Waals surface area contributed by atoms with E-state index < -0.39 is 17.7 Å². The zero-order valence-electron chi connectivity index (χ0n) is 13.7. The van der Waals surface area contributed by atoms with Crippen LogP contribution in [0.4, 0.5) is 8.78 Å². The normalized spacial score (nSPS) is 16.5. The summed E-state index contributed by atoms with van der Waals surface area (Å²) in [4.78, 5) is 14.2. The predicted molar refractivity (Wildman–Crippen MR) is 90.0 cm³/mol. The molecule has 1 atom stereocenters. The highest BCUT2D eigenvalue weighted by Crippen LogP contribution is 2.22. The Morgan fingerprint density at radius 3 is 2.40 bits per heavy atom. The summed E-state index contributed by atoms with van der Waals surface area (Å²) in [5, 5.41) is 0. The maximum absolute atomic E-state index is 13.2. The zero-order chi connectivity index (χ0) is 17.8. The quantitative estimate of drug-likeness (QED) is 0.926. The first-order chi connectivity index (χ1) is 12.0. The Morgan fingerprint density at radius 1 is 1.08 bits per heavy atom. The summed E-state index contributed by atoms with van der Waals surface area (Å²) in [5.74, 6) is -1.65. The van der Waals surface area contributed by atoms with Crippen LogP contribution in [0.2, 0.25) is 0 Å². The third kappa shape index (κ3) is 4.14. The van der Waals surface area contributed by atoms with Crippen LogP contribution in [0.5, 0.6) is 5.75 Å². The summed E-state index contributed by atoms with van der Waals surface area (Å²) in [6.45, 7) is 1.04. The van der Waals surface area contributed by atoms with E-state index in [9.17, 15) is 13.6 Å². The van der Waals surface area contributed by atoms with Gasteiger partial charge in [-0.15, -0.1) is 0 Å². The number of ether oxygens (including phenoxy) is 1. The third-order valence-electron chi connectivity index (χ3n) is 4.37. The molecule has 0 radical (unpaired) electrons. The molecule has 1 aliphatic rings.